The minimum atomic E-state index is -4.33. The number of nitrogens with one attached hydrogen (secondary N) is 1. The third-order valence-electron chi connectivity index (χ3n) is 5.72. The monoisotopic (exact) mass is 457 g/mol. The second-order valence-electron chi connectivity index (χ2n) is 8.45. The molecule has 32 heavy (non-hydrogen) atoms. The zero-order valence-electron chi connectivity index (χ0n) is 18.3. The lowest BCUT2D eigenvalue weighted by atomic mass is 9.80. The van der Waals surface area contributed by atoms with Crippen molar-refractivity contribution in [2.24, 2.45) is 0 Å². The van der Waals surface area contributed by atoms with Crippen molar-refractivity contribution >= 4 is 33.2 Å². The van der Waals surface area contributed by atoms with Gasteiger partial charge in [-0.15, -0.1) is 0 Å². The van der Waals surface area contributed by atoms with Gasteiger partial charge in [-0.2, -0.15) is 13.0 Å². The molecule has 0 amide bonds. The molecule has 8 heteroatoms. The molecule has 0 fully saturated rings. The van der Waals surface area contributed by atoms with Crippen LogP contribution in [-0.2, 0) is 20.3 Å². The Labute approximate surface area is 188 Å². The molecule has 1 aliphatic heterocycles. The van der Waals surface area contributed by atoms with E-state index >= 15 is 0 Å². The standard InChI is InChI=1S/C24H28N2O5S/c1-17(25-18-10-6-4-7-11-18)23-24(2,3)20-16-19(32(29,30)31)13-14-21(20)26(23)15-9-5-8-12-22(27)28/h4,6-7,10-11,13-14,16,25H,1,5,8-9,12,15H2,2-3H3,(H-,27,28,29,30,31)/p+1. The molecule has 3 N–H and O–H groups in total. The second-order valence-corrected chi connectivity index (χ2v) is 9.87. The molecule has 0 radical (unpaired) electrons. The van der Waals surface area contributed by atoms with Crippen LogP contribution in [0.2, 0.25) is 0 Å². The maximum Gasteiger partial charge on any atom is 0.303 e. The van der Waals surface area contributed by atoms with Gasteiger partial charge in [0.05, 0.1) is 10.3 Å². The predicted octanol–water partition coefficient (Wildman–Crippen LogP) is 4.58. The van der Waals surface area contributed by atoms with Gasteiger partial charge in [-0.1, -0.05) is 24.8 Å². The molecule has 2 aromatic rings. The lowest BCUT2D eigenvalue weighted by Gasteiger charge is -2.20. The Bertz CT molecular complexity index is 1170. The van der Waals surface area contributed by atoms with Gasteiger partial charge in [-0.25, -0.2) is 0 Å². The number of anilines is 1. The first-order valence-corrected chi connectivity index (χ1v) is 12.0. The molecule has 3 rings (SSSR count). The summed E-state index contributed by atoms with van der Waals surface area (Å²) in [6.07, 6.45) is 2.26. The zero-order valence-corrected chi connectivity index (χ0v) is 19.2. The molecule has 0 aromatic heterocycles. The van der Waals surface area contributed by atoms with Gasteiger partial charge in [-0.05, 0) is 51.0 Å². The van der Waals surface area contributed by atoms with Gasteiger partial charge < -0.3 is 10.4 Å². The van der Waals surface area contributed by atoms with Crippen LogP contribution in [0.4, 0.5) is 11.4 Å². The summed E-state index contributed by atoms with van der Waals surface area (Å²) in [7, 11) is -4.33. The highest BCUT2D eigenvalue weighted by atomic mass is 32.2. The first kappa shape index (κ1) is 23.7. The van der Waals surface area contributed by atoms with Crippen molar-refractivity contribution < 1.29 is 27.4 Å². The lowest BCUT2D eigenvalue weighted by Crippen LogP contribution is -2.33. The van der Waals surface area contributed by atoms with Crippen LogP contribution in [0.3, 0.4) is 0 Å². The molecule has 0 bridgehead atoms. The fraction of sp³-hybridized carbons (Fsp3) is 0.333. The highest BCUT2D eigenvalue weighted by Crippen LogP contribution is 2.42. The number of nitrogens with zero attached hydrogens (tertiary/aromatic N) is 1. The number of rotatable bonds is 10. The van der Waals surface area contributed by atoms with Crippen molar-refractivity contribution in [3.05, 3.63) is 66.4 Å². The van der Waals surface area contributed by atoms with E-state index in [1.807, 2.05) is 44.2 Å². The van der Waals surface area contributed by atoms with Gasteiger partial charge in [0.2, 0.25) is 11.4 Å². The fourth-order valence-corrected chi connectivity index (χ4v) is 4.75. The van der Waals surface area contributed by atoms with Gasteiger partial charge in [0, 0.05) is 30.2 Å². The first-order chi connectivity index (χ1) is 15.0. The highest BCUT2D eigenvalue weighted by Gasteiger charge is 2.47. The summed E-state index contributed by atoms with van der Waals surface area (Å²) >= 11 is 0. The third kappa shape index (κ3) is 5.08. The molecule has 0 saturated carbocycles. The summed E-state index contributed by atoms with van der Waals surface area (Å²) in [5.74, 6) is -0.803. The number of carboxylic acid groups (broad SMARTS) is 1. The minimum Gasteiger partial charge on any atom is -0.481 e. The van der Waals surface area contributed by atoms with E-state index in [0.717, 1.165) is 35.5 Å². The molecular formula is C24H29N2O5S+. The highest BCUT2D eigenvalue weighted by molar-refractivity contribution is 7.85. The van der Waals surface area contributed by atoms with Crippen molar-refractivity contribution in [1.82, 2.24) is 0 Å². The number of unbranched alkanes of at least 4 members (excludes halogenated alkanes) is 2. The average Bonchev–Trinajstić information content (AvgIpc) is 2.94. The third-order valence-corrected chi connectivity index (χ3v) is 6.57. The molecule has 0 spiro atoms. The van der Waals surface area contributed by atoms with Crippen LogP contribution in [0.5, 0.6) is 0 Å². The Balaban J connectivity index is 1.98. The summed E-state index contributed by atoms with van der Waals surface area (Å²) < 4.78 is 35.1. The van der Waals surface area contributed by atoms with E-state index in [-0.39, 0.29) is 11.3 Å². The van der Waals surface area contributed by atoms with Crippen molar-refractivity contribution in [2.45, 2.75) is 49.8 Å². The van der Waals surface area contributed by atoms with Crippen LogP contribution >= 0.6 is 0 Å². The Hall–Kier alpha value is -2.97. The molecule has 0 saturated heterocycles. The average molecular weight is 458 g/mol. The van der Waals surface area contributed by atoms with E-state index < -0.39 is 21.5 Å². The van der Waals surface area contributed by atoms with Gasteiger partial charge in [0.25, 0.3) is 10.1 Å². The topological polar surface area (TPSA) is 107 Å². The summed E-state index contributed by atoms with van der Waals surface area (Å²) in [5, 5.41) is 12.2. The number of aliphatic carboxylic acids is 1. The number of carbonyl (C=O) groups is 1. The number of carboxylic acids is 1. The quantitative estimate of drug-likeness (QED) is 0.274. The van der Waals surface area contributed by atoms with E-state index in [2.05, 4.69) is 16.5 Å². The molecule has 2 aromatic carbocycles. The van der Waals surface area contributed by atoms with Gasteiger partial charge >= 0.3 is 5.97 Å². The fourth-order valence-electron chi connectivity index (χ4n) is 4.25. The second kappa shape index (κ2) is 9.26. The molecule has 0 atom stereocenters. The number of hydrogen-bond acceptors (Lipinski definition) is 4. The van der Waals surface area contributed by atoms with E-state index in [0.29, 0.717) is 18.7 Å². The Morgan fingerprint density at radius 3 is 2.41 bits per heavy atom. The number of para-hydroxylation sites is 1. The molecule has 0 unspecified atom stereocenters. The van der Waals surface area contributed by atoms with Crippen molar-refractivity contribution in [2.75, 3.05) is 11.9 Å². The first-order valence-electron chi connectivity index (χ1n) is 10.5. The lowest BCUT2D eigenvalue weighted by molar-refractivity contribution is -0.438. The number of fused-ring (bicyclic) bond motifs is 1. The van der Waals surface area contributed by atoms with Gasteiger partial charge in [0.15, 0.2) is 0 Å². The molecule has 170 valence electrons. The van der Waals surface area contributed by atoms with E-state index in [4.69, 9.17) is 5.11 Å². The number of benzene rings is 2. The summed E-state index contributed by atoms with van der Waals surface area (Å²) in [4.78, 5) is 10.6. The Kier molecular flexibility index (Phi) is 6.85. The summed E-state index contributed by atoms with van der Waals surface area (Å²) in [5.41, 5.74) is 3.54. The summed E-state index contributed by atoms with van der Waals surface area (Å²) in [6, 6.07) is 14.3. The van der Waals surface area contributed by atoms with Gasteiger partial charge in [-0.3, -0.25) is 9.35 Å². The maximum absolute atomic E-state index is 11.7. The van der Waals surface area contributed by atoms with Crippen molar-refractivity contribution in [1.29, 1.82) is 0 Å². The normalized spacial score (nSPS) is 14.8. The molecule has 1 heterocycles. The van der Waals surface area contributed by atoms with Crippen LogP contribution < -0.4 is 5.32 Å². The van der Waals surface area contributed by atoms with Crippen molar-refractivity contribution in [3.63, 3.8) is 0 Å². The predicted molar refractivity (Wildman–Crippen MR) is 124 cm³/mol. The molecule has 0 aliphatic carbocycles. The van der Waals surface area contributed by atoms with Crippen LogP contribution in [0.15, 0.2) is 65.7 Å². The largest absolute Gasteiger partial charge is 0.481 e. The van der Waals surface area contributed by atoms with Crippen LogP contribution in [-0.4, -0.2) is 40.9 Å². The molecule has 1 aliphatic rings. The Morgan fingerprint density at radius 1 is 1.09 bits per heavy atom. The smallest absolute Gasteiger partial charge is 0.303 e. The minimum absolute atomic E-state index is 0.138. The van der Waals surface area contributed by atoms with Crippen LogP contribution in [0, 0.1) is 0 Å². The van der Waals surface area contributed by atoms with Crippen LogP contribution in [0.1, 0.15) is 45.1 Å². The Morgan fingerprint density at radius 2 is 1.78 bits per heavy atom. The molecule has 7 nitrogen and oxygen atoms in total. The maximum atomic E-state index is 11.7. The number of hydrogen-bond donors (Lipinski definition) is 3. The van der Waals surface area contributed by atoms with E-state index in [1.165, 1.54) is 12.1 Å². The van der Waals surface area contributed by atoms with E-state index in [1.54, 1.807) is 6.07 Å². The summed E-state index contributed by atoms with van der Waals surface area (Å²) in [6.45, 7) is 8.89. The van der Waals surface area contributed by atoms with Gasteiger partial charge in [0.1, 0.15) is 12.2 Å². The van der Waals surface area contributed by atoms with Crippen LogP contribution in [0.25, 0.3) is 0 Å². The van der Waals surface area contributed by atoms with E-state index in [9.17, 15) is 17.8 Å². The molecular weight excluding hydrogens is 428 g/mol. The SMILES string of the molecule is C=C(Nc1ccccc1)C1=[N+](CCCCCC(=O)O)c2ccc(S(=O)(=O)O)cc2C1(C)C. The zero-order chi connectivity index (χ0) is 23.5. The van der Waals surface area contributed by atoms with Crippen molar-refractivity contribution in [3.8, 4) is 0 Å². The number of allylic oxidation sites excluding steroid dienone is 1.